The molecule has 2 aromatic rings. The molecule has 8 nitrogen and oxygen atoms in total. The summed E-state index contributed by atoms with van der Waals surface area (Å²) in [6, 6.07) is 5.51. The summed E-state index contributed by atoms with van der Waals surface area (Å²) >= 11 is 0. The minimum Gasteiger partial charge on any atom is -0.349 e. The van der Waals surface area contributed by atoms with Gasteiger partial charge >= 0.3 is 6.03 Å². The molecule has 0 radical (unpaired) electrons. The number of fused-ring (bicyclic) bond motifs is 1. The highest BCUT2D eigenvalue weighted by molar-refractivity contribution is 5.99. The lowest BCUT2D eigenvalue weighted by Gasteiger charge is -2.20. The lowest BCUT2D eigenvalue weighted by atomic mass is 10.1. The van der Waals surface area contributed by atoms with Gasteiger partial charge in [0.1, 0.15) is 11.6 Å². The Balaban J connectivity index is 1.46. The highest BCUT2D eigenvalue weighted by Crippen LogP contribution is 2.24. The van der Waals surface area contributed by atoms with Gasteiger partial charge in [-0.3, -0.25) is 9.69 Å². The van der Waals surface area contributed by atoms with Crippen LogP contribution in [-0.4, -0.2) is 45.8 Å². The summed E-state index contributed by atoms with van der Waals surface area (Å²) in [4.78, 5) is 26.5. The third-order valence-electron chi connectivity index (χ3n) is 5.38. The number of hydrogen-bond donors (Lipinski definition) is 2. The Morgan fingerprint density at radius 2 is 2.07 bits per heavy atom. The van der Waals surface area contributed by atoms with Crippen molar-refractivity contribution >= 4 is 17.6 Å². The van der Waals surface area contributed by atoms with Gasteiger partial charge in [-0.2, -0.15) is 0 Å². The van der Waals surface area contributed by atoms with Gasteiger partial charge in [0.15, 0.2) is 0 Å². The summed E-state index contributed by atoms with van der Waals surface area (Å²) in [7, 11) is 0. The summed E-state index contributed by atoms with van der Waals surface area (Å²) in [5.74, 6) is 1.81. The normalized spacial score (nSPS) is 19.4. The molecule has 27 heavy (non-hydrogen) atoms. The first-order chi connectivity index (χ1) is 13.0. The number of urea groups is 1. The lowest BCUT2D eigenvalue weighted by molar-refractivity contribution is 0.0933. The number of carbonyl (C=O) groups is 2. The van der Waals surface area contributed by atoms with E-state index in [0.717, 1.165) is 48.7 Å². The maximum Gasteiger partial charge on any atom is 0.322 e. The van der Waals surface area contributed by atoms with E-state index in [1.165, 1.54) is 0 Å². The molecule has 2 aliphatic rings. The smallest absolute Gasteiger partial charge is 0.322 e. The van der Waals surface area contributed by atoms with E-state index >= 15 is 0 Å². The minimum absolute atomic E-state index is 0.0958. The first-order valence-corrected chi connectivity index (χ1v) is 9.38. The minimum atomic E-state index is -0.113. The van der Waals surface area contributed by atoms with Crippen LogP contribution in [-0.2, 0) is 13.0 Å². The van der Waals surface area contributed by atoms with E-state index in [0.29, 0.717) is 18.7 Å². The molecule has 0 bridgehead atoms. The Kier molecular flexibility index (Phi) is 4.55. The number of nitrogens with zero attached hydrogens (tertiary/aromatic N) is 4. The molecule has 0 aliphatic carbocycles. The standard InChI is InChI=1S/C19H24N6O2/c1-12-3-4-14(11-16(12)25-10-8-20-19(25)27)18(26)21-15-5-6-17-23-22-13(2)24(17)9-7-15/h3-4,11,15H,5-10H2,1-2H3,(H,20,27)(H,21,26). The quantitative estimate of drug-likeness (QED) is 0.860. The van der Waals surface area contributed by atoms with Crippen molar-refractivity contribution in [2.45, 2.75) is 45.7 Å². The number of amides is 3. The zero-order valence-electron chi connectivity index (χ0n) is 15.7. The fourth-order valence-electron chi connectivity index (χ4n) is 3.79. The fraction of sp³-hybridized carbons (Fsp3) is 0.474. The molecule has 1 aromatic heterocycles. The summed E-state index contributed by atoms with van der Waals surface area (Å²) < 4.78 is 2.13. The molecule has 0 spiro atoms. The first kappa shape index (κ1) is 17.5. The highest BCUT2D eigenvalue weighted by Gasteiger charge is 2.25. The summed E-state index contributed by atoms with van der Waals surface area (Å²) in [6.45, 7) is 5.96. The van der Waals surface area contributed by atoms with Crippen LogP contribution in [0.4, 0.5) is 10.5 Å². The van der Waals surface area contributed by atoms with Crippen molar-refractivity contribution in [3.8, 4) is 0 Å². The third kappa shape index (κ3) is 3.39. The van der Waals surface area contributed by atoms with Gasteiger partial charge in [0.2, 0.25) is 0 Å². The number of nitrogens with one attached hydrogen (secondary N) is 2. The van der Waals surface area contributed by atoms with Gasteiger partial charge in [-0.15, -0.1) is 10.2 Å². The van der Waals surface area contributed by atoms with Gasteiger partial charge in [-0.25, -0.2) is 4.79 Å². The number of rotatable bonds is 3. The van der Waals surface area contributed by atoms with E-state index in [-0.39, 0.29) is 18.0 Å². The molecule has 1 fully saturated rings. The molecule has 2 N–H and O–H groups in total. The van der Waals surface area contributed by atoms with E-state index in [4.69, 9.17) is 0 Å². The second-order valence-corrected chi connectivity index (χ2v) is 7.20. The molecular weight excluding hydrogens is 344 g/mol. The molecule has 142 valence electrons. The maximum atomic E-state index is 12.8. The van der Waals surface area contributed by atoms with E-state index < -0.39 is 0 Å². The average molecular weight is 368 g/mol. The molecule has 1 saturated heterocycles. The van der Waals surface area contributed by atoms with Crippen LogP contribution in [0.1, 0.15) is 40.4 Å². The van der Waals surface area contributed by atoms with Gasteiger partial charge in [0, 0.05) is 43.3 Å². The largest absolute Gasteiger partial charge is 0.349 e. The van der Waals surface area contributed by atoms with Crippen LogP contribution < -0.4 is 15.5 Å². The van der Waals surface area contributed by atoms with E-state index in [1.807, 2.05) is 32.0 Å². The summed E-state index contributed by atoms with van der Waals surface area (Å²) in [5.41, 5.74) is 2.35. The van der Waals surface area contributed by atoms with Gasteiger partial charge in [-0.05, 0) is 44.4 Å². The topological polar surface area (TPSA) is 92.2 Å². The maximum absolute atomic E-state index is 12.8. The molecule has 4 rings (SSSR count). The van der Waals surface area contributed by atoms with Crippen molar-refractivity contribution < 1.29 is 9.59 Å². The van der Waals surface area contributed by atoms with Gasteiger partial charge in [0.25, 0.3) is 5.91 Å². The Hall–Kier alpha value is -2.90. The van der Waals surface area contributed by atoms with Crippen molar-refractivity contribution in [3.05, 3.63) is 41.0 Å². The number of anilines is 1. The van der Waals surface area contributed by atoms with Crippen molar-refractivity contribution in [1.82, 2.24) is 25.4 Å². The van der Waals surface area contributed by atoms with Crippen LogP contribution in [0.25, 0.3) is 0 Å². The van der Waals surface area contributed by atoms with Crippen LogP contribution in [0.2, 0.25) is 0 Å². The number of aromatic nitrogens is 3. The van der Waals surface area contributed by atoms with Gasteiger partial charge in [0.05, 0.1) is 0 Å². The van der Waals surface area contributed by atoms with Crippen LogP contribution >= 0.6 is 0 Å². The number of carbonyl (C=O) groups excluding carboxylic acids is 2. The Morgan fingerprint density at radius 3 is 2.85 bits per heavy atom. The molecule has 3 amide bonds. The van der Waals surface area contributed by atoms with Crippen LogP contribution in [0, 0.1) is 13.8 Å². The van der Waals surface area contributed by atoms with Gasteiger partial charge < -0.3 is 15.2 Å². The fourth-order valence-corrected chi connectivity index (χ4v) is 3.79. The van der Waals surface area contributed by atoms with E-state index in [9.17, 15) is 9.59 Å². The predicted octanol–water partition coefficient (Wildman–Crippen LogP) is 1.56. The zero-order chi connectivity index (χ0) is 19.0. The monoisotopic (exact) mass is 368 g/mol. The van der Waals surface area contributed by atoms with Crippen molar-refractivity contribution in [3.63, 3.8) is 0 Å². The second kappa shape index (κ2) is 7.02. The molecule has 3 heterocycles. The van der Waals surface area contributed by atoms with Crippen molar-refractivity contribution in [2.24, 2.45) is 0 Å². The molecule has 1 atom stereocenters. The molecular formula is C19H24N6O2. The third-order valence-corrected chi connectivity index (χ3v) is 5.38. The summed E-state index contributed by atoms with van der Waals surface area (Å²) in [5, 5.41) is 14.3. The first-order valence-electron chi connectivity index (χ1n) is 9.38. The lowest BCUT2D eigenvalue weighted by Crippen LogP contribution is -2.35. The molecule has 8 heteroatoms. The molecule has 2 aliphatic heterocycles. The second-order valence-electron chi connectivity index (χ2n) is 7.20. The van der Waals surface area contributed by atoms with Crippen LogP contribution in [0.15, 0.2) is 18.2 Å². The summed E-state index contributed by atoms with van der Waals surface area (Å²) in [6.07, 6.45) is 2.50. The Morgan fingerprint density at radius 1 is 1.22 bits per heavy atom. The van der Waals surface area contributed by atoms with Crippen LogP contribution in [0.5, 0.6) is 0 Å². The van der Waals surface area contributed by atoms with E-state index in [1.54, 1.807) is 4.90 Å². The van der Waals surface area contributed by atoms with Crippen molar-refractivity contribution in [1.29, 1.82) is 0 Å². The molecule has 0 saturated carbocycles. The predicted molar refractivity (Wildman–Crippen MR) is 101 cm³/mol. The Labute approximate surface area is 158 Å². The molecule has 1 aromatic carbocycles. The highest BCUT2D eigenvalue weighted by atomic mass is 16.2. The SMILES string of the molecule is Cc1ccc(C(=O)NC2CCc3nnc(C)n3CC2)cc1N1CCNC1=O. The molecule has 1 unspecified atom stereocenters. The van der Waals surface area contributed by atoms with Crippen LogP contribution in [0.3, 0.4) is 0 Å². The number of hydrogen-bond acceptors (Lipinski definition) is 4. The Bertz CT molecular complexity index is 890. The number of aryl methyl sites for hydroxylation is 3. The zero-order valence-corrected chi connectivity index (χ0v) is 15.7. The number of benzene rings is 1. The van der Waals surface area contributed by atoms with Crippen molar-refractivity contribution in [2.75, 3.05) is 18.0 Å². The average Bonchev–Trinajstić information content (AvgIpc) is 3.16. The van der Waals surface area contributed by atoms with E-state index in [2.05, 4.69) is 25.4 Å². The van der Waals surface area contributed by atoms with Gasteiger partial charge in [-0.1, -0.05) is 6.07 Å².